The molecule has 3 aromatic rings. The smallest absolute Gasteiger partial charge is 0.343 e. The number of hydrogen-bond acceptors (Lipinski definition) is 6. The molecule has 0 bridgehead atoms. The van der Waals surface area contributed by atoms with Crippen molar-refractivity contribution in [3.63, 3.8) is 0 Å². The van der Waals surface area contributed by atoms with Gasteiger partial charge in [-0.1, -0.05) is 18.2 Å². The monoisotopic (exact) mass is 418 g/mol. The number of amidine groups is 1. The molecule has 0 aliphatic heterocycles. The van der Waals surface area contributed by atoms with Crippen LogP contribution in [0.2, 0.25) is 0 Å². The fraction of sp³-hybridized carbons (Fsp3) is 0.0909. The first-order valence-corrected chi connectivity index (χ1v) is 9.38. The molecule has 0 atom stereocenters. The second-order valence-corrected chi connectivity index (χ2v) is 6.72. The molecule has 0 radical (unpaired) electrons. The van der Waals surface area contributed by atoms with E-state index in [9.17, 15) is 9.59 Å². The van der Waals surface area contributed by atoms with Crippen molar-refractivity contribution in [1.82, 2.24) is 5.43 Å². The second-order valence-electron chi connectivity index (χ2n) is 6.72. The minimum atomic E-state index is -0.549. The van der Waals surface area contributed by atoms with Gasteiger partial charge in [-0.15, -0.1) is 0 Å². The summed E-state index contributed by atoms with van der Waals surface area (Å²) >= 11 is 0. The number of ether oxygens (including phenoxy) is 1. The Morgan fingerprint density at radius 1 is 1.03 bits per heavy atom. The summed E-state index contributed by atoms with van der Waals surface area (Å²) < 4.78 is 5.64. The Bertz CT molecular complexity index is 1170. The van der Waals surface area contributed by atoms with Gasteiger partial charge in [0.15, 0.2) is 0 Å². The summed E-state index contributed by atoms with van der Waals surface area (Å²) in [6.45, 7) is 0. The molecule has 9 heteroatoms. The van der Waals surface area contributed by atoms with E-state index in [-0.39, 0.29) is 12.3 Å². The first kappa shape index (κ1) is 21.5. The van der Waals surface area contributed by atoms with E-state index in [4.69, 9.17) is 27.5 Å². The number of aliphatic imine (C=N–C) groups is 1. The van der Waals surface area contributed by atoms with Crippen molar-refractivity contribution in [2.24, 2.45) is 22.3 Å². The number of carbonyl (C=O) groups excluding carboxylic acids is 2. The van der Waals surface area contributed by atoms with Crippen molar-refractivity contribution in [2.45, 2.75) is 12.8 Å². The lowest BCUT2D eigenvalue weighted by molar-refractivity contribution is -0.117. The number of hydrazine groups is 1. The Labute approximate surface area is 178 Å². The Morgan fingerprint density at radius 2 is 1.74 bits per heavy atom. The maximum atomic E-state index is 12.7. The molecule has 1 amide bonds. The summed E-state index contributed by atoms with van der Waals surface area (Å²) in [5.74, 6) is 4.42. The van der Waals surface area contributed by atoms with Gasteiger partial charge in [-0.25, -0.2) is 15.6 Å². The van der Waals surface area contributed by atoms with E-state index < -0.39 is 11.9 Å². The Hall–Kier alpha value is -4.24. The third-order valence-corrected chi connectivity index (χ3v) is 4.61. The maximum Gasteiger partial charge on any atom is 0.343 e. The summed E-state index contributed by atoms with van der Waals surface area (Å²) in [5, 5.41) is 9.21. The molecule has 0 aromatic heterocycles. The van der Waals surface area contributed by atoms with Crippen LogP contribution in [-0.4, -0.2) is 24.1 Å². The van der Waals surface area contributed by atoms with Crippen LogP contribution in [0.25, 0.3) is 10.8 Å². The highest BCUT2D eigenvalue weighted by Gasteiger charge is 2.16. The molecule has 0 aliphatic carbocycles. The number of fused-ring (bicyclic) bond motifs is 1. The van der Waals surface area contributed by atoms with Gasteiger partial charge in [-0.05, 0) is 53.6 Å². The van der Waals surface area contributed by atoms with E-state index in [2.05, 4.69) is 10.4 Å². The molecule has 3 rings (SSSR count). The van der Waals surface area contributed by atoms with Gasteiger partial charge in [-0.3, -0.25) is 10.2 Å². The summed E-state index contributed by atoms with van der Waals surface area (Å²) in [6, 6.07) is 15.2. The fourth-order valence-corrected chi connectivity index (χ4v) is 3.10. The number of primary amides is 1. The number of amides is 1. The van der Waals surface area contributed by atoms with Crippen LogP contribution in [0.4, 0.5) is 5.69 Å². The van der Waals surface area contributed by atoms with Crippen LogP contribution >= 0.6 is 0 Å². The molecule has 0 fully saturated rings. The van der Waals surface area contributed by atoms with E-state index in [1.807, 2.05) is 0 Å². The maximum absolute atomic E-state index is 12.7. The number of rotatable bonds is 8. The van der Waals surface area contributed by atoms with Crippen molar-refractivity contribution >= 4 is 40.5 Å². The molecular formula is C22H22N6O3. The topological polar surface area (TPSA) is 170 Å². The number of aryl methyl sites for hydroxylation is 1. The molecule has 31 heavy (non-hydrogen) atoms. The highest BCUT2D eigenvalue weighted by molar-refractivity contribution is 6.00. The molecule has 0 spiro atoms. The molecule has 8 N–H and O–H groups in total. The number of hydrogen-bond donors (Lipinski definition) is 5. The van der Waals surface area contributed by atoms with Crippen molar-refractivity contribution in [2.75, 3.05) is 0 Å². The predicted molar refractivity (Wildman–Crippen MR) is 119 cm³/mol. The van der Waals surface area contributed by atoms with Crippen LogP contribution in [0, 0.1) is 5.41 Å². The number of nitrogens with two attached hydrogens (primary N) is 3. The second kappa shape index (κ2) is 9.51. The number of nitrogens with zero attached hydrogens (tertiary/aromatic N) is 1. The van der Waals surface area contributed by atoms with Crippen LogP contribution in [0.5, 0.6) is 5.75 Å². The average Bonchev–Trinajstić information content (AvgIpc) is 2.76. The van der Waals surface area contributed by atoms with Crippen molar-refractivity contribution in [3.8, 4) is 5.75 Å². The molecule has 0 heterocycles. The largest absolute Gasteiger partial charge is 0.423 e. The fourth-order valence-electron chi connectivity index (χ4n) is 3.10. The van der Waals surface area contributed by atoms with Gasteiger partial charge in [0.25, 0.3) is 0 Å². The summed E-state index contributed by atoms with van der Waals surface area (Å²) in [6.07, 6.45) is 1.72. The molecule has 9 nitrogen and oxygen atoms in total. The van der Waals surface area contributed by atoms with Gasteiger partial charge in [-0.2, -0.15) is 0 Å². The van der Waals surface area contributed by atoms with Crippen LogP contribution < -0.4 is 27.5 Å². The van der Waals surface area contributed by atoms with Gasteiger partial charge in [0.1, 0.15) is 17.9 Å². The zero-order valence-electron chi connectivity index (χ0n) is 16.6. The summed E-state index contributed by atoms with van der Waals surface area (Å²) in [5.41, 5.74) is 15.4. The van der Waals surface area contributed by atoms with E-state index in [0.29, 0.717) is 34.5 Å². The molecule has 0 saturated carbocycles. The van der Waals surface area contributed by atoms with Crippen LogP contribution in [-0.2, 0) is 11.2 Å². The normalized spacial score (nSPS) is 10.9. The number of nitrogens with one attached hydrogen (secondary N) is 2. The number of esters is 1. The lowest BCUT2D eigenvalue weighted by atomic mass is 9.97. The number of carbonyl (C=O) groups is 2. The zero-order valence-corrected chi connectivity index (χ0v) is 16.6. The Balaban J connectivity index is 1.94. The highest BCUT2D eigenvalue weighted by Crippen LogP contribution is 2.31. The van der Waals surface area contributed by atoms with Gasteiger partial charge in [0.05, 0.1) is 11.3 Å². The lowest BCUT2D eigenvalue weighted by Gasteiger charge is -2.14. The van der Waals surface area contributed by atoms with Crippen molar-refractivity contribution in [1.29, 1.82) is 5.41 Å². The van der Waals surface area contributed by atoms with Gasteiger partial charge >= 0.3 is 5.97 Å². The molecular weight excluding hydrogens is 396 g/mol. The predicted octanol–water partition coefficient (Wildman–Crippen LogP) is 1.88. The minimum absolute atomic E-state index is 0.0499. The molecule has 0 aliphatic rings. The van der Waals surface area contributed by atoms with Gasteiger partial charge < -0.3 is 21.6 Å². The molecule has 158 valence electrons. The average molecular weight is 418 g/mol. The Morgan fingerprint density at radius 3 is 2.39 bits per heavy atom. The van der Waals surface area contributed by atoms with Crippen LogP contribution in [0.3, 0.4) is 0 Å². The lowest BCUT2D eigenvalue weighted by Crippen LogP contribution is -2.18. The van der Waals surface area contributed by atoms with E-state index >= 15 is 0 Å². The number of nitrogen functional groups attached to an aromatic ring is 1. The summed E-state index contributed by atoms with van der Waals surface area (Å²) in [4.78, 5) is 28.1. The molecule has 0 saturated heterocycles. The van der Waals surface area contributed by atoms with Gasteiger partial charge in [0.2, 0.25) is 5.91 Å². The third kappa shape index (κ3) is 5.22. The van der Waals surface area contributed by atoms with E-state index in [0.717, 1.165) is 10.8 Å². The van der Waals surface area contributed by atoms with E-state index in [1.54, 1.807) is 54.6 Å². The molecule has 3 aromatic carbocycles. The minimum Gasteiger partial charge on any atom is -0.423 e. The van der Waals surface area contributed by atoms with Crippen molar-refractivity contribution < 1.29 is 14.3 Å². The molecule has 0 unspecified atom stereocenters. The quantitative estimate of drug-likeness (QED) is 0.0934. The van der Waals surface area contributed by atoms with E-state index in [1.165, 1.54) is 6.34 Å². The Kier molecular flexibility index (Phi) is 6.58. The SMILES string of the molecule is N=C(N)c1ccc2c(CCC(N)=O)c(OC(=O)c3ccc(N=CNN)cc3)ccc2c1. The van der Waals surface area contributed by atoms with Gasteiger partial charge in [0, 0.05) is 17.5 Å². The van der Waals surface area contributed by atoms with Crippen LogP contribution in [0.15, 0.2) is 59.6 Å². The third-order valence-electron chi connectivity index (χ3n) is 4.61. The first-order valence-electron chi connectivity index (χ1n) is 9.38. The first-order chi connectivity index (χ1) is 14.9. The van der Waals surface area contributed by atoms with Crippen molar-refractivity contribution in [3.05, 3.63) is 71.3 Å². The standard InChI is InChI=1S/C22H22N6O3/c23-20(29)10-8-18-17-7-3-15(21(24)25)11-14(17)4-9-19(18)31-22(30)13-1-5-16(6-2-13)27-12-28-26/h1-7,9,11-12H,8,10,26H2,(H2,23,29)(H3,24,25)(H,27,28). The van der Waals surface area contributed by atoms with Crippen LogP contribution in [0.1, 0.15) is 27.9 Å². The number of benzene rings is 3. The highest BCUT2D eigenvalue weighted by atomic mass is 16.5. The summed E-state index contributed by atoms with van der Waals surface area (Å²) in [7, 11) is 0. The zero-order chi connectivity index (χ0) is 22.4.